The summed E-state index contributed by atoms with van der Waals surface area (Å²) in [6, 6.07) is 11.6. The lowest BCUT2D eigenvalue weighted by atomic mass is 10.0. The van der Waals surface area contributed by atoms with Gasteiger partial charge < -0.3 is 24.7 Å². The first kappa shape index (κ1) is 23.0. The van der Waals surface area contributed by atoms with Crippen LogP contribution in [0.5, 0.6) is 0 Å². The van der Waals surface area contributed by atoms with E-state index in [0.717, 1.165) is 22.6 Å². The number of benzene rings is 1. The smallest absolute Gasteiger partial charge is 0.187 e. The van der Waals surface area contributed by atoms with Crippen molar-refractivity contribution in [3.63, 3.8) is 0 Å². The highest BCUT2D eigenvalue weighted by molar-refractivity contribution is 7.80. The van der Waals surface area contributed by atoms with Gasteiger partial charge in [-0.3, -0.25) is 4.98 Å². The number of nitrogens with one attached hydrogen (secondary N) is 2. The molecule has 7 nitrogen and oxygen atoms in total. The van der Waals surface area contributed by atoms with Gasteiger partial charge in [0.2, 0.25) is 0 Å². The molecule has 9 heteroatoms. The number of pyridine rings is 1. The third-order valence-corrected chi connectivity index (χ3v) is 5.96. The Morgan fingerprint density at radius 3 is 2.79 bits per heavy atom. The van der Waals surface area contributed by atoms with Crippen LogP contribution >= 0.6 is 23.8 Å². The summed E-state index contributed by atoms with van der Waals surface area (Å²) >= 11 is 12.1. The van der Waals surface area contributed by atoms with Crippen LogP contribution in [0.2, 0.25) is 0 Å². The number of imidazole rings is 1. The molecule has 0 saturated carbocycles. The fourth-order valence-corrected chi connectivity index (χ4v) is 4.04. The van der Waals surface area contributed by atoms with Gasteiger partial charge in [-0.2, -0.15) is 0 Å². The monoisotopic (exact) mass is 481 g/mol. The number of thiocarbonyl (C=S) groups is 1. The molecule has 1 aliphatic carbocycles. The SMILES string of the molecule is COC1=CC(Cl)(OC)C(NC(=S)Nc2cccc(Cn3ccnc3-c3ccncc3)c2)C=C1. The molecule has 0 amide bonds. The number of hydrogen-bond donors (Lipinski definition) is 2. The minimum atomic E-state index is -1.11. The topological polar surface area (TPSA) is 73.2 Å². The zero-order chi connectivity index (χ0) is 23.3. The van der Waals surface area contributed by atoms with Crippen molar-refractivity contribution in [2.24, 2.45) is 0 Å². The first-order chi connectivity index (χ1) is 16.0. The number of methoxy groups -OCH3 is 2. The minimum absolute atomic E-state index is 0.375. The van der Waals surface area contributed by atoms with E-state index in [9.17, 15) is 0 Å². The number of aromatic nitrogens is 3. The van der Waals surface area contributed by atoms with E-state index in [1.54, 1.807) is 38.9 Å². The Balaban J connectivity index is 1.43. The number of alkyl halides is 1. The summed E-state index contributed by atoms with van der Waals surface area (Å²) in [4.78, 5) is 8.58. The highest BCUT2D eigenvalue weighted by atomic mass is 35.5. The Kier molecular flexibility index (Phi) is 7.08. The number of allylic oxidation sites excluding steroid dienone is 1. The predicted molar refractivity (Wildman–Crippen MR) is 134 cm³/mol. The third kappa shape index (κ3) is 5.42. The second kappa shape index (κ2) is 10.2. The molecule has 2 heterocycles. The van der Waals surface area contributed by atoms with Gasteiger partial charge >= 0.3 is 0 Å². The molecule has 170 valence electrons. The number of ether oxygens (including phenoxy) is 2. The minimum Gasteiger partial charge on any atom is -0.497 e. The second-order valence-electron chi connectivity index (χ2n) is 7.40. The van der Waals surface area contributed by atoms with Crippen molar-refractivity contribution in [2.45, 2.75) is 17.6 Å². The van der Waals surface area contributed by atoms with Crippen molar-refractivity contribution in [1.29, 1.82) is 0 Å². The fraction of sp³-hybridized carbons (Fsp3) is 0.208. The molecular formula is C24H24ClN5O2S. The van der Waals surface area contributed by atoms with Crippen LogP contribution < -0.4 is 10.6 Å². The van der Waals surface area contributed by atoms with Gasteiger partial charge in [-0.15, -0.1) is 0 Å². The lowest BCUT2D eigenvalue weighted by Gasteiger charge is -2.33. The van der Waals surface area contributed by atoms with Gasteiger partial charge in [-0.1, -0.05) is 29.8 Å². The molecule has 0 saturated heterocycles. The maximum Gasteiger partial charge on any atom is 0.187 e. The van der Waals surface area contributed by atoms with E-state index in [1.165, 1.54) is 0 Å². The van der Waals surface area contributed by atoms with Crippen LogP contribution in [-0.4, -0.2) is 45.0 Å². The van der Waals surface area contributed by atoms with Crippen LogP contribution in [0.4, 0.5) is 5.69 Å². The molecule has 4 rings (SSSR count). The molecule has 33 heavy (non-hydrogen) atoms. The van der Waals surface area contributed by atoms with E-state index >= 15 is 0 Å². The zero-order valence-electron chi connectivity index (χ0n) is 18.2. The van der Waals surface area contributed by atoms with Gasteiger partial charge in [0.15, 0.2) is 10.2 Å². The summed E-state index contributed by atoms with van der Waals surface area (Å²) in [6.45, 7) is 0.664. The lowest BCUT2D eigenvalue weighted by molar-refractivity contribution is 0.0826. The molecular weight excluding hydrogens is 458 g/mol. The molecule has 1 aromatic carbocycles. The Bertz CT molecular complexity index is 1180. The van der Waals surface area contributed by atoms with E-state index in [2.05, 4.69) is 31.2 Å². The zero-order valence-corrected chi connectivity index (χ0v) is 19.8. The van der Waals surface area contributed by atoms with Crippen LogP contribution in [0.25, 0.3) is 11.4 Å². The second-order valence-corrected chi connectivity index (χ2v) is 8.40. The third-order valence-electron chi connectivity index (χ3n) is 5.24. The summed E-state index contributed by atoms with van der Waals surface area (Å²) < 4.78 is 12.8. The molecule has 3 aromatic rings. The number of nitrogens with zero attached hydrogens (tertiary/aromatic N) is 3. The molecule has 0 fully saturated rings. The Morgan fingerprint density at radius 2 is 2.03 bits per heavy atom. The maximum atomic E-state index is 6.62. The number of anilines is 1. The average molecular weight is 482 g/mol. The predicted octanol–water partition coefficient (Wildman–Crippen LogP) is 4.33. The first-order valence-electron chi connectivity index (χ1n) is 10.3. The van der Waals surface area contributed by atoms with Crippen LogP contribution in [0.3, 0.4) is 0 Å². The molecule has 2 aromatic heterocycles. The maximum absolute atomic E-state index is 6.62. The van der Waals surface area contributed by atoms with Crippen molar-refractivity contribution in [1.82, 2.24) is 19.9 Å². The molecule has 2 unspecified atom stereocenters. The van der Waals surface area contributed by atoms with Crippen LogP contribution in [0, 0.1) is 0 Å². The quantitative estimate of drug-likeness (QED) is 0.384. The molecule has 2 atom stereocenters. The van der Waals surface area contributed by atoms with Gasteiger partial charge in [0, 0.05) is 55.8 Å². The van der Waals surface area contributed by atoms with E-state index in [-0.39, 0.29) is 6.04 Å². The molecule has 1 aliphatic rings. The summed E-state index contributed by atoms with van der Waals surface area (Å²) in [5.41, 5.74) is 2.98. The Morgan fingerprint density at radius 1 is 1.21 bits per heavy atom. The van der Waals surface area contributed by atoms with Gasteiger partial charge in [0.25, 0.3) is 0 Å². The highest BCUT2D eigenvalue weighted by Crippen LogP contribution is 2.30. The van der Waals surface area contributed by atoms with E-state index < -0.39 is 5.06 Å². The van der Waals surface area contributed by atoms with Crippen LogP contribution in [-0.2, 0) is 16.0 Å². The molecule has 0 radical (unpaired) electrons. The van der Waals surface area contributed by atoms with Crippen LogP contribution in [0.15, 0.2) is 85.2 Å². The molecule has 0 bridgehead atoms. The van der Waals surface area contributed by atoms with Gasteiger partial charge in [-0.05, 0) is 48.1 Å². The average Bonchev–Trinajstić information content (AvgIpc) is 3.29. The number of hydrogen-bond acceptors (Lipinski definition) is 5. The van der Waals surface area contributed by atoms with Crippen molar-refractivity contribution in [2.75, 3.05) is 19.5 Å². The highest BCUT2D eigenvalue weighted by Gasteiger charge is 2.37. The van der Waals surface area contributed by atoms with Crippen molar-refractivity contribution < 1.29 is 9.47 Å². The van der Waals surface area contributed by atoms with Crippen molar-refractivity contribution in [3.05, 3.63) is 90.7 Å². The van der Waals surface area contributed by atoms with Crippen molar-refractivity contribution in [3.8, 4) is 11.4 Å². The summed E-state index contributed by atoms with van der Waals surface area (Å²) in [5, 5.41) is 5.75. The number of halogens is 1. The number of rotatable bonds is 7. The molecule has 0 aliphatic heterocycles. The summed E-state index contributed by atoms with van der Waals surface area (Å²) in [7, 11) is 3.13. The van der Waals surface area contributed by atoms with Crippen molar-refractivity contribution >= 4 is 34.6 Å². The Labute approximate surface area is 203 Å². The van der Waals surface area contributed by atoms with Gasteiger partial charge in [0.05, 0.1) is 13.2 Å². The summed E-state index contributed by atoms with van der Waals surface area (Å²) in [5.74, 6) is 1.51. The first-order valence-corrected chi connectivity index (χ1v) is 11.1. The molecule has 2 N–H and O–H groups in total. The summed E-state index contributed by atoms with van der Waals surface area (Å²) in [6.07, 6.45) is 12.7. The Hall–Kier alpha value is -3.20. The van der Waals surface area contributed by atoms with E-state index in [0.29, 0.717) is 17.4 Å². The molecule has 0 spiro atoms. The van der Waals surface area contributed by atoms with Gasteiger partial charge in [-0.25, -0.2) is 4.98 Å². The van der Waals surface area contributed by atoms with Gasteiger partial charge in [0.1, 0.15) is 11.6 Å². The standard InChI is InChI=1S/C24H24ClN5O2S/c1-31-20-6-7-21(24(25,15-20)32-2)29-23(33)28-19-5-3-4-17(14-19)16-30-13-12-27-22(30)18-8-10-26-11-9-18/h3-15,21H,16H2,1-2H3,(H2,28,29,33). The van der Waals surface area contributed by atoms with E-state index in [4.69, 9.17) is 33.3 Å². The largest absolute Gasteiger partial charge is 0.497 e. The van der Waals surface area contributed by atoms with E-state index in [1.807, 2.05) is 48.7 Å². The fourth-order valence-electron chi connectivity index (χ4n) is 3.56. The lowest BCUT2D eigenvalue weighted by Crippen LogP contribution is -2.50. The van der Waals surface area contributed by atoms with Crippen LogP contribution in [0.1, 0.15) is 5.56 Å². The normalized spacial score (nSPS) is 19.6.